The largest absolute Gasteiger partial charge is 0.359 e. The Morgan fingerprint density at radius 1 is 1.08 bits per heavy atom. The van der Waals surface area contributed by atoms with Gasteiger partial charge in [-0.05, 0) is 90.0 Å². The molecule has 2 N–H and O–H groups in total. The van der Waals surface area contributed by atoms with E-state index in [1.807, 2.05) is 12.4 Å². The van der Waals surface area contributed by atoms with Crippen LogP contribution in [0, 0.1) is 16.7 Å². The van der Waals surface area contributed by atoms with Crippen molar-refractivity contribution in [3.8, 4) is 0 Å². The highest BCUT2D eigenvalue weighted by atomic mass is 16.5. The molecule has 4 nitrogen and oxygen atoms in total. The van der Waals surface area contributed by atoms with Gasteiger partial charge in [0, 0.05) is 49.1 Å². The van der Waals surface area contributed by atoms with Crippen LogP contribution in [-0.4, -0.2) is 48.9 Å². The smallest absolute Gasteiger partial charge is 0.0975 e. The van der Waals surface area contributed by atoms with Crippen molar-refractivity contribution < 1.29 is 9.64 Å². The van der Waals surface area contributed by atoms with E-state index in [4.69, 9.17) is 4.74 Å². The van der Waals surface area contributed by atoms with Crippen molar-refractivity contribution in [2.45, 2.75) is 88.4 Å². The van der Waals surface area contributed by atoms with E-state index < -0.39 is 0 Å². The van der Waals surface area contributed by atoms with Crippen LogP contribution < -0.4 is 10.2 Å². The van der Waals surface area contributed by atoms with Gasteiger partial charge in [-0.25, -0.2) is 0 Å². The molecule has 1 aromatic heterocycles. The average molecular weight is 511 g/mol. The van der Waals surface area contributed by atoms with Crippen molar-refractivity contribution in [3.05, 3.63) is 65.5 Å². The summed E-state index contributed by atoms with van der Waals surface area (Å²) < 4.78 is 7.59. The molecule has 4 fully saturated rings. The maximum atomic E-state index is 7.59. The predicted octanol–water partition coefficient (Wildman–Crippen LogP) is 4.97. The van der Waals surface area contributed by atoms with Crippen molar-refractivity contribution in [2.75, 3.05) is 26.7 Å². The molecule has 7 atom stereocenters. The third-order valence-electron chi connectivity index (χ3n) is 12.3. The molecule has 4 heteroatoms. The number of allylic oxidation sites excluding steroid dienone is 1. The van der Waals surface area contributed by atoms with Crippen molar-refractivity contribution in [1.29, 1.82) is 0 Å². The van der Waals surface area contributed by atoms with Gasteiger partial charge in [-0.15, -0.1) is 0 Å². The fourth-order valence-electron chi connectivity index (χ4n) is 10.2. The number of hydrogen-bond acceptors (Lipinski definition) is 3. The van der Waals surface area contributed by atoms with Crippen molar-refractivity contribution in [2.24, 2.45) is 16.7 Å². The van der Waals surface area contributed by atoms with Gasteiger partial charge in [0.2, 0.25) is 0 Å². The Labute approximate surface area is 227 Å². The van der Waals surface area contributed by atoms with Crippen molar-refractivity contribution in [1.82, 2.24) is 10.3 Å². The van der Waals surface area contributed by atoms with Crippen molar-refractivity contribution in [3.63, 3.8) is 0 Å². The van der Waals surface area contributed by atoms with Crippen LogP contribution in [0.25, 0.3) is 10.8 Å². The van der Waals surface area contributed by atoms with Gasteiger partial charge >= 0.3 is 0 Å². The highest BCUT2D eigenvalue weighted by Crippen LogP contribution is 2.69. The Bertz CT molecular complexity index is 1360. The lowest BCUT2D eigenvalue weighted by molar-refractivity contribution is -0.914. The van der Waals surface area contributed by atoms with Crippen LogP contribution >= 0.6 is 0 Å². The molecule has 1 aromatic carbocycles. The quantitative estimate of drug-likeness (QED) is 0.610. The Morgan fingerprint density at radius 3 is 2.82 bits per heavy atom. The summed E-state index contributed by atoms with van der Waals surface area (Å²) in [5, 5.41) is 6.07. The Balaban J connectivity index is 1.10. The van der Waals surface area contributed by atoms with Crippen LogP contribution in [0.5, 0.6) is 0 Å². The molecule has 2 saturated heterocycles. The standard InChI is InChI=1S/C34H43N3O/c1-31(20-36-21-31)22-37(3)28-7-6-26-17-27-10-12-32(2)29(24-5-4-23-11-15-35-19-25(23)16-24)8-9-30(32)34(27)14-13-33(26,18-28)38-34/h4-5,10-11,15-17,19,28-30,36H,6-9,12-14,18,20-22H2,1-3H3/p+1/t28?,29?,30-,32?,33-,34-/m1/s1. The summed E-state index contributed by atoms with van der Waals surface area (Å²) in [7, 11) is 2.46. The molecule has 6 aliphatic rings. The lowest BCUT2D eigenvalue weighted by Gasteiger charge is -2.54. The third-order valence-corrected chi connectivity index (χ3v) is 12.3. The van der Waals surface area contributed by atoms with Gasteiger partial charge in [0.05, 0.1) is 30.8 Å². The highest BCUT2D eigenvalue weighted by molar-refractivity contribution is 5.82. The van der Waals surface area contributed by atoms with E-state index in [0.29, 0.717) is 23.3 Å². The predicted molar refractivity (Wildman–Crippen MR) is 152 cm³/mol. The highest BCUT2D eigenvalue weighted by Gasteiger charge is 2.67. The van der Waals surface area contributed by atoms with Gasteiger partial charge in [-0.1, -0.05) is 38.1 Å². The molecular formula is C34H44N3O+. The summed E-state index contributed by atoms with van der Waals surface area (Å²) in [6, 6.07) is 9.97. The van der Waals surface area contributed by atoms with Crippen LogP contribution in [0.3, 0.4) is 0 Å². The second-order valence-corrected chi connectivity index (χ2v) is 14.6. The Kier molecular flexibility index (Phi) is 5.03. The molecule has 4 unspecified atom stereocenters. The van der Waals surface area contributed by atoms with Gasteiger partial charge in [0.15, 0.2) is 0 Å². The summed E-state index contributed by atoms with van der Waals surface area (Å²) in [6.45, 7) is 8.68. The van der Waals surface area contributed by atoms with E-state index in [1.54, 1.807) is 16.0 Å². The summed E-state index contributed by atoms with van der Waals surface area (Å²) in [4.78, 5) is 6.14. The minimum atomic E-state index is -0.0662. The molecule has 4 heterocycles. The number of pyridine rings is 1. The van der Waals surface area contributed by atoms with E-state index in [2.05, 4.69) is 67.6 Å². The van der Waals surface area contributed by atoms with Gasteiger partial charge in [-0.3, -0.25) is 4.98 Å². The van der Waals surface area contributed by atoms with Crippen LogP contribution in [0.2, 0.25) is 0 Å². The first-order chi connectivity index (χ1) is 18.3. The fraction of sp³-hybridized carbons (Fsp3) is 0.618. The molecule has 0 radical (unpaired) electrons. The second-order valence-electron chi connectivity index (χ2n) is 14.6. The minimum Gasteiger partial charge on any atom is -0.359 e. The molecule has 2 spiro atoms. The minimum absolute atomic E-state index is 0.00869. The molecule has 2 saturated carbocycles. The number of nitrogens with zero attached hydrogens (tertiary/aromatic N) is 1. The number of ether oxygens (including phenoxy) is 1. The summed E-state index contributed by atoms with van der Waals surface area (Å²) >= 11 is 0. The topological polar surface area (TPSA) is 38.6 Å². The summed E-state index contributed by atoms with van der Waals surface area (Å²) in [6.07, 6.45) is 19.1. The number of nitrogens with one attached hydrogen (secondary N) is 2. The molecule has 3 aliphatic carbocycles. The molecule has 38 heavy (non-hydrogen) atoms. The van der Waals surface area contributed by atoms with Crippen LogP contribution in [0.4, 0.5) is 0 Å². The number of benzene rings is 1. The second kappa shape index (κ2) is 8.02. The van der Waals surface area contributed by atoms with Gasteiger partial charge in [0.1, 0.15) is 0 Å². The molecule has 0 amide bonds. The zero-order chi connectivity index (χ0) is 25.8. The van der Waals surface area contributed by atoms with Crippen LogP contribution in [0.1, 0.15) is 76.7 Å². The zero-order valence-corrected chi connectivity index (χ0v) is 23.5. The monoisotopic (exact) mass is 510 g/mol. The van der Waals surface area contributed by atoms with E-state index in [9.17, 15) is 0 Å². The van der Waals surface area contributed by atoms with E-state index in [-0.39, 0.29) is 16.6 Å². The lowest BCUT2D eigenvalue weighted by atomic mass is 9.58. The summed E-state index contributed by atoms with van der Waals surface area (Å²) in [5.41, 5.74) is 5.31. The number of quaternary nitrogens is 1. The SMILES string of the molecule is C[NH+](CC1(C)CNC1)C1CCC2=CC3=CCC4(C)C(c5ccc6ccncc6c5)CC[C@H]4[C@@]34CC[C@]2(C1)O4. The van der Waals surface area contributed by atoms with E-state index in [1.165, 1.54) is 87.3 Å². The maximum absolute atomic E-state index is 7.59. The molecule has 3 aliphatic heterocycles. The molecule has 8 rings (SSSR count). The first kappa shape index (κ1) is 23.8. The maximum Gasteiger partial charge on any atom is 0.0975 e. The average Bonchev–Trinajstić information content (AvgIpc) is 3.42. The Morgan fingerprint density at radius 2 is 1.97 bits per heavy atom. The number of hydrogen-bond donors (Lipinski definition) is 2. The first-order valence-electron chi connectivity index (χ1n) is 15.3. The molecule has 2 bridgehead atoms. The van der Waals surface area contributed by atoms with E-state index in [0.717, 1.165) is 0 Å². The number of rotatable bonds is 4. The van der Waals surface area contributed by atoms with Crippen LogP contribution in [-0.2, 0) is 4.74 Å². The Hall–Kier alpha value is -2.01. The van der Waals surface area contributed by atoms with Gasteiger partial charge in [-0.2, -0.15) is 0 Å². The normalized spacial score (nSPS) is 41.4. The number of aromatic nitrogens is 1. The third kappa shape index (κ3) is 3.23. The zero-order valence-electron chi connectivity index (χ0n) is 23.5. The number of fused-ring (bicyclic) bond motifs is 2. The van der Waals surface area contributed by atoms with Crippen LogP contribution in [0.15, 0.2) is 60.0 Å². The fourth-order valence-corrected chi connectivity index (χ4v) is 10.2. The van der Waals surface area contributed by atoms with E-state index >= 15 is 0 Å². The van der Waals surface area contributed by atoms with Crippen molar-refractivity contribution >= 4 is 10.8 Å². The molecule has 200 valence electrons. The molecule has 2 aromatic rings. The first-order valence-corrected chi connectivity index (χ1v) is 15.3. The summed E-state index contributed by atoms with van der Waals surface area (Å²) in [5.74, 6) is 1.19. The molecular weight excluding hydrogens is 466 g/mol. The van der Waals surface area contributed by atoms with Gasteiger partial charge in [0.25, 0.3) is 0 Å². The van der Waals surface area contributed by atoms with Gasteiger partial charge < -0.3 is 15.0 Å². The lowest BCUT2D eigenvalue weighted by Crippen LogP contribution is -3.15.